The molecule has 17 heavy (non-hydrogen) atoms. The Morgan fingerprint density at radius 1 is 1.47 bits per heavy atom. The largest absolute Gasteiger partial charge is 0.399 e. The van der Waals surface area contributed by atoms with Gasteiger partial charge in [0.05, 0.1) is 5.56 Å². The van der Waals surface area contributed by atoms with Crippen LogP contribution >= 0.6 is 0 Å². The van der Waals surface area contributed by atoms with E-state index < -0.39 is 5.82 Å². The van der Waals surface area contributed by atoms with E-state index in [2.05, 4.69) is 12.2 Å². The second-order valence-electron chi connectivity index (χ2n) is 4.73. The molecule has 0 radical (unpaired) electrons. The lowest BCUT2D eigenvalue weighted by atomic mass is 10.1. The summed E-state index contributed by atoms with van der Waals surface area (Å²) in [6.45, 7) is 2.10. The van der Waals surface area contributed by atoms with Gasteiger partial charge < -0.3 is 11.1 Å². The molecule has 2 rings (SSSR count). The standard InChI is InChI=1S/C13H17FN2O/c1-8-3-2-4-12(8)16-13(17)10-7-9(15)5-6-11(10)14/h5-8,12H,2-4,15H2,1H3,(H,16,17). The molecule has 2 atom stereocenters. The fourth-order valence-corrected chi connectivity index (χ4v) is 2.32. The average Bonchev–Trinajstić information content (AvgIpc) is 2.68. The zero-order valence-corrected chi connectivity index (χ0v) is 9.87. The molecule has 0 bridgehead atoms. The van der Waals surface area contributed by atoms with E-state index in [0.29, 0.717) is 11.6 Å². The van der Waals surface area contributed by atoms with Crippen molar-refractivity contribution in [1.29, 1.82) is 0 Å². The number of halogens is 1. The highest BCUT2D eigenvalue weighted by molar-refractivity contribution is 5.95. The summed E-state index contributed by atoms with van der Waals surface area (Å²) in [6, 6.07) is 4.21. The average molecular weight is 236 g/mol. The zero-order valence-electron chi connectivity index (χ0n) is 9.87. The van der Waals surface area contributed by atoms with Crippen LogP contribution in [-0.2, 0) is 0 Å². The summed E-state index contributed by atoms with van der Waals surface area (Å²) in [7, 11) is 0. The first-order valence-electron chi connectivity index (χ1n) is 5.94. The summed E-state index contributed by atoms with van der Waals surface area (Å²) in [4.78, 5) is 11.9. The predicted molar refractivity (Wildman–Crippen MR) is 65.1 cm³/mol. The van der Waals surface area contributed by atoms with Crippen LogP contribution in [0, 0.1) is 11.7 Å². The van der Waals surface area contributed by atoms with Crippen LogP contribution in [0.15, 0.2) is 18.2 Å². The Morgan fingerprint density at radius 3 is 2.88 bits per heavy atom. The molecule has 2 unspecified atom stereocenters. The Balaban J connectivity index is 2.11. The molecule has 3 nitrogen and oxygen atoms in total. The second-order valence-corrected chi connectivity index (χ2v) is 4.73. The third-order valence-electron chi connectivity index (χ3n) is 3.41. The Labute approximate surface area is 100 Å². The van der Waals surface area contributed by atoms with Gasteiger partial charge in [-0.1, -0.05) is 13.3 Å². The molecule has 0 spiro atoms. The topological polar surface area (TPSA) is 55.1 Å². The van der Waals surface area contributed by atoms with Crippen molar-refractivity contribution in [2.24, 2.45) is 5.92 Å². The number of anilines is 1. The smallest absolute Gasteiger partial charge is 0.254 e. The molecule has 1 aromatic rings. The fraction of sp³-hybridized carbons (Fsp3) is 0.462. The minimum atomic E-state index is -0.526. The normalized spacial score (nSPS) is 23.6. The number of hydrogen-bond acceptors (Lipinski definition) is 2. The van der Waals surface area contributed by atoms with E-state index in [9.17, 15) is 9.18 Å². The highest BCUT2D eigenvalue weighted by atomic mass is 19.1. The number of nitrogens with one attached hydrogen (secondary N) is 1. The van der Waals surface area contributed by atoms with E-state index in [1.165, 1.54) is 18.2 Å². The van der Waals surface area contributed by atoms with Crippen molar-refractivity contribution in [1.82, 2.24) is 5.32 Å². The maximum absolute atomic E-state index is 13.5. The lowest BCUT2D eigenvalue weighted by Gasteiger charge is -2.17. The van der Waals surface area contributed by atoms with Gasteiger partial charge in [0, 0.05) is 11.7 Å². The lowest BCUT2D eigenvalue weighted by Crippen LogP contribution is -2.36. The quantitative estimate of drug-likeness (QED) is 0.774. The van der Waals surface area contributed by atoms with Gasteiger partial charge in [-0.25, -0.2) is 4.39 Å². The maximum atomic E-state index is 13.5. The molecule has 0 heterocycles. The summed E-state index contributed by atoms with van der Waals surface area (Å²) >= 11 is 0. The van der Waals surface area contributed by atoms with Crippen molar-refractivity contribution in [3.05, 3.63) is 29.6 Å². The number of benzene rings is 1. The number of hydrogen-bond donors (Lipinski definition) is 2. The molecule has 92 valence electrons. The third kappa shape index (κ3) is 2.57. The van der Waals surface area contributed by atoms with Crippen molar-refractivity contribution in [3.63, 3.8) is 0 Å². The van der Waals surface area contributed by atoms with Gasteiger partial charge in [0.2, 0.25) is 0 Å². The first-order chi connectivity index (χ1) is 8.08. The van der Waals surface area contributed by atoms with Gasteiger partial charge in [0.1, 0.15) is 5.82 Å². The number of nitrogen functional groups attached to an aromatic ring is 1. The molecule has 0 saturated heterocycles. The highest BCUT2D eigenvalue weighted by Gasteiger charge is 2.25. The summed E-state index contributed by atoms with van der Waals surface area (Å²) in [6.07, 6.45) is 3.20. The molecule has 1 aliphatic carbocycles. The van der Waals surface area contributed by atoms with Crippen molar-refractivity contribution < 1.29 is 9.18 Å². The van der Waals surface area contributed by atoms with Crippen LogP contribution < -0.4 is 11.1 Å². The summed E-state index contributed by atoms with van der Waals surface area (Å²) < 4.78 is 13.5. The van der Waals surface area contributed by atoms with Crippen molar-refractivity contribution in [2.45, 2.75) is 32.2 Å². The molecule has 0 aromatic heterocycles. The first-order valence-corrected chi connectivity index (χ1v) is 5.94. The van der Waals surface area contributed by atoms with Gasteiger partial charge in [-0.15, -0.1) is 0 Å². The van der Waals surface area contributed by atoms with Gasteiger partial charge in [0.25, 0.3) is 5.91 Å². The molecular weight excluding hydrogens is 219 g/mol. The molecule has 1 fully saturated rings. The monoisotopic (exact) mass is 236 g/mol. The van der Waals surface area contributed by atoms with Gasteiger partial charge >= 0.3 is 0 Å². The van der Waals surface area contributed by atoms with Crippen molar-refractivity contribution in [2.75, 3.05) is 5.73 Å². The summed E-state index contributed by atoms with van der Waals surface area (Å²) in [5, 5.41) is 2.88. The van der Waals surface area contributed by atoms with Gasteiger partial charge in [0.15, 0.2) is 0 Å². The fourth-order valence-electron chi connectivity index (χ4n) is 2.32. The molecule has 0 aliphatic heterocycles. The van der Waals surface area contributed by atoms with Crippen LogP contribution in [0.3, 0.4) is 0 Å². The van der Waals surface area contributed by atoms with Crippen LogP contribution in [0.2, 0.25) is 0 Å². The predicted octanol–water partition coefficient (Wildman–Crippen LogP) is 2.33. The minimum Gasteiger partial charge on any atom is -0.399 e. The van der Waals surface area contributed by atoms with Crippen LogP contribution in [0.5, 0.6) is 0 Å². The maximum Gasteiger partial charge on any atom is 0.254 e. The Bertz CT molecular complexity index is 433. The van der Waals surface area contributed by atoms with E-state index in [4.69, 9.17) is 5.73 Å². The molecule has 1 aromatic carbocycles. The second kappa shape index (κ2) is 4.73. The lowest BCUT2D eigenvalue weighted by molar-refractivity contribution is 0.0925. The third-order valence-corrected chi connectivity index (χ3v) is 3.41. The van der Waals surface area contributed by atoms with Gasteiger partial charge in [-0.3, -0.25) is 4.79 Å². The van der Waals surface area contributed by atoms with E-state index in [-0.39, 0.29) is 17.5 Å². The van der Waals surface area contributed by atoms with Crippen molar-refractivity contribution >= 4 is 11.6 Å². The van der Waals surface area contributed by atoms with Gasteiger partial charge in [-0.05, 0) is 37.0 Å². The molecule has 1 saturated carbocycles. The van der Waals surface area contributed by atoms with Crippen LogP contribution in [0.1, 0.15) is 36.5 Å². The minimum absolute atomic E-state index is 0.0316. The van der Waals surface area contributed by atoms with Crippen LogP contribution in [-0.4, -0.2) is 11.9 Å². The Morgan fingerprint density at radius 2 is 2.24 bits per heavy atom. The molecule has 4 heteroatoms. The number of amides is 1. The Hall–Kier alpha value is -1.58. The highest BCUT2D eigenvalue weighted by Crippen LogP contribution is 2.25. The first kappa shape index (κ1) is 11.9. The van der Waals surface area contributed by atoms with E-state index in [1.54, 1.807) is 0 Å². The van der Waals surface area contributed by atoms with Crippen LogP contribution in [0.25, 0.3) is 0 Å². The van der Waals surface area contributed by atoms with Crippen LogP contribution in [0.4, 0.5) is 10.1 Å². The van der Waals surface area contributed by atoms with Gasteiger partial charge in [-0.2, -0.15) is 0 Å². The van der Waals surface area contributed by atoms with Crippen molar-refractivity contribution in [3.8, 4) is 0 Å². The number of nitrogens with two attached hydrogens (primary N) is 1. The van der Waals surface area contributed by atoms with E-state index >= 15 is 0 Å². The number of rotatable bonds is 2. The molecule has 1 aliphatic rings. The summed E-state index contributed by atoms with van der Waals surface area (Å²) in [5.41, 5.74) is 5.98. The van der Waals surface area contributed by atoms with E-state index in [0.717, 1.165) is 19.3 Å². The van der Waals surface area contributed by atoms with E-state index in [1.807, 2.05) is 0 Å². The SMILES string of the molecule is CC1CCCC1NC(=O)c1cc(N)ccc1F. The summed E-state index contributed by atoms with van der Waals surface area (Å²) in [5.74, 6) is -0.432. The molecule has 1 amide bonds. The Kier molecular flexibility index (Phi) is 3.31. The number of carbonyl (C=O) groups is 1. The zero-order chi connectivity index (χ0) is 12.4. The molecule has 3 N–H and O–H groups in total. The number of carbonyl (C=O) groups excluding carboxylic acids is 1. The molecular formula is C13H17FN2O.